The van der Waals surface area contributed by atoms with Crippen LogP contribution in [0.1, 0.15) is 40.3 Å². The van der Waals surface area contributed by atoms with Crippen LogP contribution in [0.5, 0.6) is 0 Å². The van der Waals surface area contributed by atoms with E-state index in [-0.39, 0.29) is 0 Å². The summed E-state index contributed by atoms with van der Waals surface area (Å²) in [5.74, 6) is 0. The number of halogens is 1. The van der Waals surface area contributed by atoms with Crippen LogP contribution in [0.4, 0.5) is 4.39 Å². The van der Waals surface area contributed by atoms with Crippen molar-refractivity contribution < 1.29 is 13.7 Å². The lowest BCUT2D eigenvalue weighted by Gasteiger charge is -2.32. The Hall–Kier alpha value is -1.99. The van der Waals surface area contributed by atoms with Gasteiger partial charge in [0.05, 0.1) is 23.4 Å². The van der Waals surface area contributed by atoms with Gasteiger partial charge in [-0.3, -0.25) is 9.67 Å². The third-order valence-electron chi connectivity index (χ3n) is 5.09. The molecule has 1 aliphatic heterocycles. The summed E-state index contributed by atoms with van der Waals surface area (Å²) in [5.41, 5.74) is 1.05. The SMILES string of the molecule is CCc1cc(-c2ccccn2)nn1CC=C(F)B1OC(C)(C)C(C)(C)O1. The van der Waals surface area contributed by atoms with Crippen LogP contribution in [-0.2, 0) is 22.3 Å². The van der Waals surface area contributed by atoms with E-state index in [1.807, 2.05) is 58.9 Å². The van der Waals surface area contributed by atoms with Crippen LogP contribution >= 0.6 is 0 Å². The highest BCUT2D eigenvalue weighted by Crippen LogP contribution is 2.38. The molecule has 1 aliphatic rings. The number of allylic oxidation sites excluding steroid dienone is 1. The van der Waals surface area contributed by atoms with Gasteiger partial charge in [0.25, 0.3) is 0 Å². The molecule has 0 bridgehead atoms. The zero-order chi connectivity index (χ0) is 18.9. The van der Waals surface area contributed by atoms with Crippen LogP contribution in [0.2, 0.25) is 0 Å². The van der Waals surface area contributed by atoms with Crippen molar-refractivity contribution in [2.45, 2.75) is 58.8 Å². The van der Waals surface area contributed by atoms with Crippen LogP contribution in [0, 0.1) is 0 Å². The minimum absolute atomic E-state index is 0.311. The van der Waals surface area contributed by atoms with Crippen LogP contribution < -0.4 is 0 Å². The van der Waals surface area contributed by atoms with E-state index in [0.29, 0.717) is 6.54 Å². The third-order valence-corrected chi connectivity index (χ3v) is 5.09. The van der Waals surface area contributed by atoms with Gasteiger partial charge < -0.3 is 9.31 Å². The zero-order valence-corrected chi connectivity index (χ0v) is 16.0. The number of hydrogen-bond acceptors (Lipinski definition) is 4. The van der Waals surface area contributed by atoms with Gasteiger partial charge in [-0.2, -0.15) is 5.10 Å². The first-order chi connectivity index (χ1) is 12.2. The van der Waals surface area contributed by atoms with Gasteiger partial charge in [0, 0.05) is 11.9 Å². The molecule has 2 aromatic heterocycles. The maximum absolute atomic E-state index is 14.6. The number of hydrogen-bond donors (Lipinski definition) is 0. The van der Waals surface area contributed by atoms with E-state index in [2.05, 4.69) is 10.1 Å². The summed E-state index contributed by atoms with van der Waals surface area (Å²) in [7, 11) is -0.976. The van der Waals surface area contributed by atoms with E-state index in [4.69, 9.17) is 9.31 Å². The van der Waals surface area contributed by atoms with Crippen molar-refractivity contribution in [3.8, 4) is 11.4 Å². The summed E-state index contributed by atoms with van der Waals surface area (Å²) in [6.07, 6.45) is 4.00. The number of nitrogens with zero attached hydrogens (tertiary/aromatic N) is 3. The Bertz CT molecular complexity index is 786. The van der Waals surface area contributed by atoms with Crippen molar-refractivity contribution in [1.82, 2.24) is 14.8 Å². The first-order valence-electron chi connectivity index (χ1n) is 8.93. The molecule has 0 saturated carbocycles. The number of aryl methyl sites for hydroxylation is 1. The van der Waals surface area contributed by atoms with Crippen LogP contribution in [-0.4, -0.2) is 33.1 Å². The third kappa shape index (κ3) is 3.59. The van der Waals surface area contributed by atoms with Crippen molar-refractivity contribution in [2.75, 3.05) is 0 Å². The van der Waals surface area contributed by atoms with Gasteiger partial charge in [-0.1, -0.05) is 13.0 Å². The fraction of sp³-hybridized carbons (Fsp3) is 0.474. The fourth-order valence-electron chi connectivity index (χ4n) is 2.76. The lowest BCUT2D eigenvalue weighted by molar-refractivity contribution is 0.00578. The molecule has 1 saturated heterocycles. The molecule has 0 amide bonds. The standard InChI is InChI=1S/C19H25BFN3O2/c1-6-14-13-16(15-9-7-8-11-22-15)23-24(14)12-10-17(21)20-25-18(2,3)19(4,5)26-20/h7-11,13H,6,12H2,1-5H3. The molecule has 2 aromatic rings. The molecule has 0 aromatic carbocycles. The Kier molecular flexibility index (Phi) is 5.04. The molecule has 0 radical (unpaired) electrons. The van der Waals surface area contributed by atoms with Crippen molar-refractivity contribution >= 4 is 7.12 Å². The first kappa shape index (κ1) is 18.8. The Labute approximate surface area is 154 Å². The molecule has 1 fully saturated rings. The molecule has 0 atom stereocenters. The van der Waals surface area contributed by atoms with Crippen LogP contribution in [0.25, 0.3) is 11.4 Å². The average Bonchev–Trinajstić information content (AvgIpc) is 3.11. The van der Waals surface area contributed by atoms with Gasteiger partial charge in [0.15, 0.2) is 0 Å². The number of aromatic nitrogens is 3. The van der Waals surface area contributed by atoms with E-state index in [9.17, 15) is 4.39 Å². The Morgan fingerprint density at radius 2 is 1.88 bits per heavy atom. The minimum Gasteiger partial charge on any atom is -0.398 e. The molecule has 0 aliphatic carbocycles. The second-order valence-corrected chi connectivity index (χ2v) is 7.45. The Morgan fingerprint density at radius 3 is 2.46 bits per heavy atom. The fourth-order valence-corrected chi connectivity index (χ4v) is 2.76. The molecule has 3 heterocycles. The molecule has 0 spiro atoms. The van der Waals surface area contributed by atoms with Gasteiger partial charge >= 0.3 is 7.12 Å². The highest BCUT2D eigenvalue weighted by molar-refractivity contribution is 6.53. The topological polar surface area (TPSA) is 49.2 Å². The predicted octanol–water partition coefficient (Wildman–Crippen LogP) is 3.99. The second-order valence-electron chi connectivity index (χ2n) is 7.45. The summed E-state index contributed by atoms with van der Waals surface area (Å²) in [5, 5.41) is 4.57. The molecule has 0 unspecified atom stereocenters. The van der Waals surface area contributed by atoms with E-state index in [1.54, 1.807) is 10.9 Å². The second kappa shape index (κ2) is 6.97. The normalized spacial score (nSPS) is 19.2. The van der Waals surface area contributed by atoms with E-state index in [1.165, 1.54) is 6.08 Å². The summed E-state index contributed by atoms with van der Waals surface area (Å²) < 4.78 is 27.9. The van der Waals surface area contributed by atoms with Crippen molar-refractivity contribution in [3.05, 3.63) is 48.0 Å². The highest BCUT2D eigenvalue weighted by atomic mass is 19.1. The maximum Gasteiger partial charge on any atom is 0.524 e. The lowest BCUT2D eigenvalue weighted by atomic mass is 9.88. The zero-order valence-electron chi connectivity index (χ0n) is 16.0. The molecule has 26 heavy (non-hydrogen) atoms. The summed E-state index contributed by atoms with van der Waals surface area (Å²) in [4.78, 5) is 4.32. The molecule has 5 nitrogen and oxygen atoms in total. The summed E-state index contributed by atoms with van der Waals surface area (Å²) >= 11 is 0. The van der Waals surface area contributed by atoms with E-state index < -0.39 is 24.0 Å². The smallest absolute Gasteiger partial charge is 0.398 e. The number of rotatable bonds is 5. The van der Waals surface area contributed by atoms with E-state index in [0.717, 1.165) is 23.5 Å². The van der Waals surface area contributed by atoms with Gasteiger partial charge in [0.2, 0.25) is 0 Å². The lowest BCUT2D eigenvalue weighted by Crippen LogP contribution is -2.41. The van der Waals surface area contributed by atoms with Crippen molar-refractivity contribution in [1.29, 1.82) is 0 Å². The summed E-state index contributed by atoms with van der Waals surface area (Å²) in [6.45, 7) is 9.98. The quantitative estimate of drug-likeness (QED) is 0.760. The monoisotopic (exact) mass is 357 g/mol. The Balaban J connectivity index is 1.77. The van der Waals surface area contributed by atoms with Gasteiger partial charge in [-0.15, -0.1) is 0 Å². The van der Waals surface area contributed by atoms with Crippen molar-refractivity contribution in [2.24, 2.45) is 0 Å². The first-order valence-corrected chi connectivity index (χ1v) is 8.93. The Morgan fingerprint density at radius 1 is 1.19 bits per heavy atom. The molecular formula is C19H25BFN3O2. The molecule has 0 N–H and O–H groups in total. The van der Waals surface area contributed by atoms with E-state index >= 15 is 0 Å². The van der Waals surface area contributed by atoms with Crippen LogP contribution in [0.15, 0.2) is 42.3 Å². The van der Waals surface area contributed by atoms with Crippen molar-refractivity contribution in [3.63, 3.8) is 0 Å². The average molecular weight is 357 g/mol. The predicted molar refractivity (Wildman–Crippen MR) is 100 cm³/mol. The summed E-state index contributed by atoms with van der Waals surface area (Å²) in [6, 6.07) is 7.69. The molecule has 7 heteroatoms. The van der Waals surface area contributed by atoms with Crippen LogP contribution in [0.3, 0.4) is 0 Å². The largest absolute Gasteiger partial charge is 0.524 e. The maximum atomic E-state index is 14.6. The molecule has 138 valence electrons. The highest BCUT2D eigenvalue weighted by Gasteiger charge is 2.52. The van der Waals surface area contributed by atoms with Gasteiger partial charge in [0.1, 0.15) is 11.4 Å². The van der Waals surface area contributed by atoms with Gasteiger partial charge in [-0.25, -0.2) is 4.39 Å². The minimum atomic E-state index is -0.976. The van der Waals surface area contributed by atoms with Gasteiger partial charge in [-0.05, 0) is 58.4 Å². The molecular weight excluding hydrogens is 332 g/mol. The molecule has 3 rings (SSSR count). The number of pyridine rings is 1.